The van der Waals surface area contributed by atoms with Gasteiger partial charge in [0.2, 0.25) is 5.91 Å². The number of aromatic nitrogens is 1. The highest BCUT2D eigenvalue weighted by molar-refractivity contribution is 5.78. The summed E-state index contributed by atoms with van der Waals surface area (Å²) in [7, 11) is 0. The predicted octanol–water partition coefficient (Wildman–Crippen LogP) is 3.76. The monoisotopic (exact) mass is 306 g/mol. The molecular weight excluding hydrogens is 288 g/mol. The summed E-state index contributed by atoms with van der Waals surface area (Å²) in [5.74, 6) is 0.596. The Kier molecular flexibility index (Phi) is 4.52. The molecule has 0 saturated carbocycles. The van der Waals surface area contributed by atoms with Gasteiger partial charge in [-0.3, -0.25) is 4.79 Å². The van der Waals surface area contributed by atoms with E-state index in [1.807, 2.05) is 73.7 Å². The van der Waals surface area contributed by atoms with Crippen molar-refractivity contribution in [1.82, 2.24) is 10.5 Å². The Bertz CT molecular complexity index is 766. The van der Waals surface area contributed by atoms with Crippen LogP contribution in [-0.2, 0) is 11.2 Å². The number of carbonyl (C=O) groups excluding carboxylic acids is 1. The Morgan fingerprint density at radius 1 is 1.09 bits per heavy atom. The van der Waals surface area contributed by atoms with E-state index in [0.717, 1.165) is 11.1 Å². The molecule has 3 aromatic rings. The normalized spacial score (nSPS) is 11.9. The zero-order valence-corrected chi connectivity index (χ0v) is 12.9. The average Bonchev–Trinajstić information content (AvgIpc) is 3.04. The lowest BCUT2D eigenvalue weighted by molar-refractivity contribution is -0.121. The molecule has 1 aromatic heterocycles. The highest BCUT2D eigenvalue weighted by Gasteiger charge is 2.13. The van der Waals surface area contributed by atoms with Gasteiger partial charge in [0.05, 0.1) is 18.2 Å². The molecular formula is C19H18N2O2. The smallest absolute Gasteiger partial charge is 0.226 e. The Balaban J connectivity index is 1.61. The summed E-state index contributed by atoms with van der Waals surface area (Å²) in [4.78, 5) is 12.1. The second-order valence-corrected chi connectivity index (χ2v) is 5.43. The van der Waals surface area contributed by atoms with Crippen LogP contribution in [0.4, 0.5) is 0 Å². The second-order valence-electron chi connectivity index (χ2n) is 5.43. The van der Waals surface area contributed by atoms with E-state index in [2.05, 4.69) is 10.5 Å². The van der Waals surface area contributed by atoms with Gasteiger partial charge in [0.1, 0.15) is 0 Å². The average molecular weight is 306 g/mol. The molecule has 1 amide bonds. The van der Waals surface area contributed by atoms with Gasteiger partial charge >= 0.3 is 0 Å². The van der Waals surface area contributed by atoms with Crippen LogP contribution in [0.5, 0.6) is 0 Å². The van der Waals surface area contributed by atoms with Gasteiger partial charge < -0.3 is 9.84 Å². The van der Waals surface area contributed by atoms with E-state index in [0.29, 0.717) is 11.5 Å². The maximum Gasteiger partial charge on any atom is 0.226 e. The molecule has 4 nitrogen and oxygen atoms in total. The van der Waals surface area contributed by atoms with E-state index in [1.54, 1.807) is 0 Å². The van der Waals surface area contributed by atoms with Crippen molar-refractivity contribution in [2.75, 3.05) is 0 Å². The standard InChI is InChI=1S/C19H18N2O2/c1-14(15-8-4-2-5-9-15)20-19(22)13-17-12-18(23-21-17)16-10-6-3-7-11-16/h2-12,14H,13H2,1H3,(H,20,22). The first-order chi connectivity index (χ1) is 11.2. The second kappa shape index (κ2) is 6.92. The number of nitrogens with zero attached hydrogens (tertiary/aromatic N) is 1. The molecule has 0 fully saturated rings. The van der Waals surface area contributed by atoms with E-state index >= 15 is 0 Å². The maximum absolute atomic E-state index is 12.1. The molecule has 23 heavy (non-hydrogen) atoms. The number of carbonyl (C=O) groups is 1. The summed E-state index contributed by atoms with van der Waals surface area (Å²) in [6.07, 6.45) is 0.202. The number of hydrogen-bond donors (Lipinski definition) is 1. The fourth-order valence-electron chi connectivity index (χ4n) is 2.42. The Hall–Kier alpha value is -2.88. The van der Waals surface area contributed by atoms with Crippen LogP contribution in [0.3, 0.4) is 0 Å². The largest absolute Gasteiger partial charge is 0.356 e. The van der Waals surface area contributed by atoms with Crippen LogP contribution in [0.2, 0.25) is 0 Å². The van der Waals surface area contributed by atoms with Crippen molar-refractivity contribution < 1.29 is 9.32 Å². The lowest BCUT2D eigenvalue weighted by Crippen LogP contribution is -2.28. The van der Waals surface area contributed by atoms with E-state index in [1.165, 1.54) is 0 Å². The molecule has 2 aromatic carbocycles. The van der Waals surface area contributed by atoms with Crippen molar-refractivity contribution in [3.63, 3.8) is 0 Å². The van der Waals surface area contributed by atoms with Crippen LogP contribution in [0.25, 0.3) is 11.3 Å². The number of hydrogen-bond acceptors (Lipinski definition) is 3. The molecule has 0 bridgehead atoms. The first kappa shape index (κ1) is 15.0. The molecule has 0 saturated heterocycles. The Labute approximate surface area is 135 Å². The van der Waals surface area contributed by atoms with E-state index in [4.69, 9.17) is 4.52 Å². The lowest BCUT2D eigenvalue weighted by Gasteiger charge is -2.13. The van der Waals surface area contributed by atoms with Crippen LogP contribution < -0.4 is 5.32 Å². The summed E-state index contributed by atoms with van der Waals surface area (Å²) < 4.78 is 5.31. The number of amides is 1. The van der Waals surface area contributed by atoms with Gasteiger partial charge in [0, 0.05) is 11.6 Å². The van der Waals surface area contributed by atoms with Gasteiger partial charge in [-0.15, -0.1) is 0 Å². The van der Waals surface area contributed by atoms with Crippen molar-refractivity contribution >= 4 is 5.91 Å². The minimum Gasteiger partial charge on any atom is -0.356 e. The van der Waals surface area contributed by atoms with Crippen LogP contribution in [0, 0.1) is 0 Å². The molecule has 0 radical (unpaired) electrons. The lowest BCUT2D eigenvalue weighted by atomic mass is 10.1. The fourth-order valence-corrected chi connectivity index (χ4v) is 2.42. The van der Waals surface area contributed by atoms with Gasteiger partial charge in [0.25, 0.3) is 0 Å². The minimum atomic E-state index is -0.0748. The molecule has 116 valence electrons. The van der Waals surface area contributed by atoms with Crippen LogP contribution in [0.1, 0.15) is 24.2 Å². The van der Waals surface area contributed by atoms with Gasteiger partial charge in [-0.2, -0.15) is 0 Å². The van der Waals surface area contributed by atoms with Crippen molar-refractivity contribution in [1.29, 1.82) is 0 Å². The first-order valence-corrected chi connectivity index (χ1v) is 7.57. The Morgan fingerprint density at radius 2 is 1.74 bits per heavy atom. The SMILES string of the molecule is CC(NC(=O)Cc1cc(-c2ccccc2)on1)c1ccccc1. The van der Waals surface area contributed by atoms with Gasteiger partial charge in [-0.25, -0.2) is 0 Å². The Morgan fingerprint density at radius 3 is 2.43 bits per heavy atom. The zero-order valence-electron chi connectivity index (χ0n) is 12.9. The van der Waals surface area contributed by atoms with Crippen LogP contribution >= 0.6 is 0 Å². The highest BCUT2D eigenvalue weighted by atomic mass is 16.5. The molecule has 0 aliphatic heterocycles. The van der Waals surface area contributed by atoms with Gasteiger partial charge in [-0.05, 0) is 12.5 Å². The van der Waals surface area contributed by atoms with Crippen LogP contribution in [0.15, 0.2) is 71.3 Å². The third kappa shape index (κ3) is 3.86. The van der Waals surface area contributed by atoms with Crippen molar-refractivity contribution in [3.8, 4) is 11.3 Å². The summed E-state index contributed by atoms with van der Waals surface area (Å²) >= 11 is 0. The van der Waals surface area contributed by atoms with Gasteiger partial charge in [-0.1, -0.05) is 65.8 Å². The highest BCUT2D eigenvalue weighted by Crippen LogP contribution is 2.20. The first-order valence-electron chi connectivity index (χ1n) is 7.57. The fraction of sp³-hybridized carbons (Fsp3) is 0.158. The topological polar surface area (TPSA) is 55.1 Å². The molecule has 0 aliphatic rings. The van der Waals surface area contributed by atoms with Crippen molar-refractivity contribution in [2.24, 2.45) is 0 Å². The van der Waals surface area contributed by atoms with E-state index in [9.17, 15) is 4.79 Å². The van der Waals surface area contributed by atoms with Crippen molar-refractivity contribution in [2.45, 2.75) is 19.4 Å². The third-order valence-electron chi connectivity index (χ3n) is 3.64. The summed E-state index contributed by atoms with van der Waals surface area (Å²) in [5, 5.41) is 6.95. The number of rotatable bonds is 5. The molecule has 3 rings (SSSR count). The molecule has 0 aliphatic carbocycles. The molecule has 4 heteroatoms. The maximum atomic E-state index is 12.1. The molecule has 1 atom stereocenters. The zero-order chi connectivity index (χ0) is 16.1. The summed E-state index contributed by atoms with van der Waals surface area (Å²) in [6.45, 7) is 1.96. The van der Waals surface area contributed by atoms with Crippen LogP contribution in [-0.4, -0.2) is 11.1 Å². The molecule has 1 N–H and O–H groups in total. The number of nitrogens with one attached hydrogen (secondary N) is 1. The summed E-state index contributed by atoms with van der Waals surface area (Å²) in [6, 6.07) is 21.3. The third-order valence-corrected chi connectivity index (χ3v) is 3.64. The minimum absolute atomic E-state index is 0.0378. The quantitative estimate of drug-likeness (QED) is 0.781. The van der Waals surface area contributed by atoms with E-state index in [-0.39, 0.29) is 18.4 Å². The predicted molar refractivity (Wildman–Crippen MR) is 88.6 cm³/mol. The van der Waals surface area contributed by atoms with Crippen molar-refractivity contribution in [3.05, 3.63) is 78.0 Å². The molecule has 1 unspecified atom stereocenters. The number of benzene rings is 2. The molecule has 0 spiro atoms. The van der Waals surface area contributed by atoms with Gasteiger partial charge in [0.15, 0.2) is 5.76 Å². The summed E-state index contributed by atoms with van der Waals surface area (Å²) in [5.41, 5.74) is 2.65. The molecule has 1 heterocycles. The van der Waals surface area contributed by atoms with E-state index < -0.39 is 0 Å².